The Bertz CT molecular complexity index is 1560. The maximum absolute atomic E-state index is 13.0. The van der Waals surface area contributed by atoms with E-state index in [0.717, 1.165) is 0 Å². The predicted octanol–water partition coefficient (Wildman–Crippen LogP) is 3.90. The lowest BCUT2D eigenvalue weighted by Crippen LogP contribution is -2.21. The molecule has 0 spiro atoms. The van der Waals surface area contributed by atoms with E-state index >= 15 is 0 Å². The third-order valence-electron chi connectivity index (χ3n) is 5.57. The quantitative estimate of drug-likeness (QED) is 0.242. The molecule has 0 radical (unpaired) electrons. The van der Waals surface area contributed by atoms with Crippen molar-refractivity contribution in [2.24, 2.45) is 0 Å². The SMILES string of the molecule is O=c1oc2ccccc2c(O)c1C(c1cccc(O)c1O)c1c(O)c2ccccc2oc1=O. The van der Waals surface area contributed by atoms with E-state index in [4.69, 9.17) is 8.83 Å². The van der Waals surface area contributed by atoms with Gasteiger partial charge in [0.2, 0.25) is 0 Å². The van der Waals surface area contributed by atoms with E-state index in [0.29, 0.717) is 0 Å². The van der Waals surface area contributed by atoms with Crippen molar-refractivity contribution in [3.63, 3.8) is 0 Å². The Kier molecular flexibility index (Phi) is 4.56. The van der Waals surface area contributed by atoms with Crippen LogP contribution in [0.2, 0.25) is 0 Å². The molecule has 0 aliphatic rings. The first-order valence-electron chi connectivity index (χ1n) is 9.88. The summed E-state index contributed by atoms with van der Waals surface area (Å²) >= 11 is 0. The molecule has 8 heteroatoms. The second-order valence-electron chi connectivity index (χ2n) is 7.44. The second-order valence-corrected chi connectivity index (χ2v) is 7.44. The third kappa shape index (κ3) is 3.08. The highest BCUT2D eigenvalue weighted by Gasteiger charge is 2.34. The summed E-state index contributed by atoms with van der Waals surface area (Å²) < 4.78 is 10.7. The average Bonchev–Trinajstić information content (AvgIpc) is 2.80. The molecule has 5 rings (SSSR count). The number of fused-ring (bicyclic) bond motifs is 2. The molecule has 8 nitrogen and oxygen atoms in total. The number of rotatable bonds is 3. The van der Waals surface area contributed by atoms with E-state index < -0.39 is 51.3 Å². The minimum absolute atomic E-state index is 0.109. The van der Waals surface area contributed by atoms with Gasteiger partial charge in [0.15, 0.2) is 11.5 Å². The molecule has 3 aromatic carbocycles. The zero-order valence-electron chi connectivity index (χ0n) is 16.9. The minimum Gasteiger partial charge on any atom is -0.507 e. The van der Waals surface area contributed by atoms with Gasteiger partial charge in [-0.2, -0.15) is 0 Å². The van der Waals surface area contributed by atoms with Gasteiger partial charge < -0.3 is 29.3 Å². The standard InChI is InChI=1S/C25H16O8/c26-15-9-5-8-14(21(15)27)18(19-22(28)12-6-1-3-10-16(12)32-24(19)30)20-23(29)13-7-2-4-11-17(13)33-25(20)31/h1-11,18,26-29H. The Morgan fingerprint density at radius 1 is 0.576 bits per heavy atom. The summed E-state index contributed by atoms with van der Waals surface area (Å²) in [4.78, 5) is 26.1. The van der Waals surface area contributed by atoms with Crippen molar-refractivity contribution in [2.75, 3.05) is 0 Å². The van der Waals surface area contributed by atoms with Crippen molar-refractivity contribution < 1.29 is 29.3 Å². The molecule has 164 valence electrons. The molecule has 0 bridgehead atoms. The molecule has 4 N–H and O–H groups in total. The number of benzene rings is 3. The van der Waals surface area contributed by atoms with E-state index in [1.54, 1.807) is 24.3 Å². The lowest BCUT2D eigenvalue weighted by Gasteiger charge is -2.20. The maximum Gasteiger partial charge on any atom is 0.344 e. The highest BCUT2D eigenvalue weighted by molar-refractivity contribution is 5.87. The molecule has 33 heavy (non-hydrogen) atoms. The van der Waals surface area contributed by atoms with Gasteiger partial charge in [0, 0.05) is 5.56 Å². The van der Waals surface area contributed by atoms with Crippen LogP contribution in [0.5, 0.6) is 23.0 Å². The van der Waals surface area contributed by atoms with Crippen LogP contribution in [-0.4, -0.2) is 20.4 Å². The van der Waals surface area contributed by atoms with Gasteiger partial charge in [-0.15, -0.1) is 0 Å². The van der Waals surface area contributed by atoms with Gasteiger partial charge >= 0.3 is 11.3 Å². The van der Waals surface area contributed by atoms with E-state index in [1.165, 1.54) is 42.5 Å². The first-order valence-corrected chi connectivity index (χ1v) is 9.88. The fourth-order valence-corrected chi connectivity index (χ4v) is 4.04. The molecule has 2 aromatic heterocycles. The third-order valence-corrected chi connectivity index (χ3v) is 5.57. The van der Waals surface area contributed by atoms with Gasteiger partial charge in [-0.05, 0) is 30.3 Å². The molecule has 0 amide bonds. The van der Waals surface area contributed by atoms with Crippen molar-refractivity contribution in [2.45, 2.75) is 5.92 Å². The predicted molar refractivity (Wildman–Crippen MR) is 119 cm³/mol. The highest BCUT2D eigenvalue weighted by Crippen LogP contribution is 2.45. The van der Waals surface area contributed by atoms with E-state index in [1.807, 2.05) is 0 Å². The number of phenols is 2. The fraction of sp³-hybridized carbons (Fsp3) is 0.0400. The Morgan fingerprint density at radius 3 is 1.58 bits per heavy atom. The topological polar surface area (TPSA) is 141 Å². The molecule has 5 aromatic rings. The van der Waals surface area contributed by atoms with Crippen LogP contribution in [0.15, 0.2) is 85.2 Å². The van der Waals surface area contributed by atoms with Gasteiger partial charge in [0.1, 0.15) is 22.7 Å². The van der Waals surface area contributed by atoms with Crippen molar-refractivity contribution in [3.8, 4) is 23.0 Å². The Morgan fingerprint density at radius 2 is 1.06 bits per heavy atom. The Hall–Kier alpha value is -4.72. The molecular weight excluding hydrogens is 428 g/mol. The zero-order valence-corrected chi connectivity index (χ0v) is 16.9. The normalized spacial score (nSPS) is 11.4. The molecule has 0 saturated heterocycles. The number of aromatic hydroxyl groups is 4. The van der Waals surface area contributed by atoms with Crippen LogP contribution in [0.25, 0.3) is 21.9 Å². The molecule has 2 heterocycles. The number of para-hydroxylation sites is 3. The Balaban J connectivity index is 1.95. The van der Waals surface area contributed by atoms with Crippen LogP contribution >= 0.6 is 0 Å². The first kappa shape index (κ1) is 20.2. The highest BCUT2D eigenvalue weighted by atomic mass is 16.4. The van der Waals surface area contributed by atoms with Crippen molar-refractivity contribution in [1.82, 2.24) is 0 Å². The summed E-state index contributed by atoms with van der Waals surface area (Å²) in [6, 6.07) is 16.4. The molecule has 0 fully saturated rings. The van der Waals surface area contributed by atoms with Crippen LogP contribution in [0.4, 0.5) is 0 Å². The number of hydrogen-bond donors (Lipinski definition) is 4. The van der Waals surface area contributed by atoms with Gasteiger partial charge in [0.25, 0.3) is 0 Å². The van der Waals surface area contributed by atoms with Crippen molar-refractivity contribution in [3.05, 3.63) is 104 Å². The summed E-state index contributed by atoms with van der Waals surface area (Å²) in [5.74, 6) is -3.69. The van der Waals surface area contributed by atoms with Gasteiger partial charge in [-0.1, -0.05) is 36.4 Å². The zero-order chi connectivity index (χ0) is 23.3. The fourth-order valence-electron chi connectivity index (χ4n) is 4.04. The molecule has 0 aliphatic heterocycles. The monoisotopic (exact) mass is 444 g/mol. The summed E-state index contributed by atoms with van der Waals surface area (Å²) in [6.45, 7) is 0. The van der Waals surface area contributed by atoms with Crippen LogP contribution in [-0.2, 0) is 0 Å². The second kappa shape index (κ2) is 7.45. The van der Waals surface area contributed by atoms with Crippen LogP contribution in [0.3, 0.4) is 0 Å². The van der Waals surface area contributed by atoms with Crippen LogP contribution in [0.1, 0.15) is 22.6 Å². The first-order chi connectivity index (χ1) is 15.9. The molecule has 0 saturated carbocycles. The maximum atomic E-state index is 13.0. The molecule has 0 unspecified atom stereocenters. The van der Waals surface area contributed by atoms with E-state index in [-0.39, 0.29) is 27.5 Å². The molecule has 0 aliphatic carbocycles. The van der Waals surface area contributed by atoms with Crippen molar-refractivity contribution in [1.29, 1.82) is 0 Å². The largest absolute Gasteiger partial charge is 0.507 e. The molecule has 0 atom stereocenters. The van der Waals surface area contributed by atoms with Gasteiger partial charge in [0.05, 0.1) is 27.8 Å². The van der Waals surface area contributed by atoms with Crippen LogP contribution < -0.4 is 11.3 Å². The Labute approximate surface area is 184 Å². The minimum atomic E-state index is -1.53. The number of phenolic OH excluding ortho intramolecular Hbond substituents is 2. The smallest absolute Gasteiger partial charge is 0.344 e. The van der Waals surface area contributed by atoms with E-state index in [9.17, 15) is 30.0 Å². The lowest BCUT2D eigenvalue weighted by atomic mass is 9.84. The van der Waals surface area contributed by atoms with E-state index in [2.05, 4.69) is 0 Å². The average molecular weight is 444 g/mol. The number of hydrogen-bond acceptors (Lipinski definition) is 8. The van der Waals surface area contributed by atoms with Gasteiger partial charge in [-0.25, -0.2) is 9.59 Å². The van der Waals surface area contributed by atoms with Gasteiger partial charge in [-0.3, -0.25) is 0 Å². The lowest BCUT2D eigenvalue weighted by molar-refractivity contribution is 0.395. The summed E-state index contributed by atoms with van der Waals surface area (Å²) in [7, 11) is 0. The summed E-state index contributed by atoms with van der Waals surface area (Å²) in [5.41, 5.74) is -2.71. The summed E-state index contributed by atoms with van der Waals surface area (Å²) in [6.07, 6.45) is 0. The van der Waals surface area contributed by atoms with Crippen LogP contribution in [0, 0.1) is 0 Å². The van der Waals surface area contributed by atoms with Crippen molar-refractivity contribution >= 4 is 21.9 Å². The summed E-state index contributed by atoms with van der Waals surface area (Å²) in [5, 5.41) is 43.2. The molecular formula is C25H16O8.